The summed E-state index contributed by atoms with van der Waals surface area (Å²) in [4.78, 5) is 23.0. The largest absolute Gasteiger partial charge is 0.480 e. The van der Waals surface area contributed by atoms with E-state index in [9.17, 15) is 14.9 Å². The second-order valence-corrected chi connectivity index (χ2v) is 6.10. The van der Waals surface area contributed by atoms with Crippen molar-refractivity contribution in [1.82, 2.24) is 10.2 Å². The van der Waals surface area contributed by atoms with Crippen molar-refractivity contribution in [3.63, 3.8) is 0 Å². The van der Waals surface area contributed by atoms with E-state index >= 15 is 0 Å². The molecule has 0 saturated heterocycles. The minimum atomic E-state index is -0.805. The summed E-state index contributed by atoms with van der Waals surface area (Å²) < 4.78 is 0. The lowest BCUT2D eigenvalue weighted by Gasteiger charge is -2.42. The number of non-ortho nitro benzene ring substituents is 1. The average Bonchev–Trinajstić information content (AvgIpc) is 2.44. The number of likely N-dealkylation sites (N-methyl/N-ethyl adjacent to an activating group) is 1. The molecule has 126 valence electrons. The van der Waals surface area contributed by atoms with E-state index in [4.69, 9.17) is 16.7 Å². The molecule has 0 heterocycles. The molecule has 0 aliphatic heterocycles. The van der Waals surface area contributed by atoms with Gasteiger partial charge in [-0.15, -0.1) is 0 Å². The first-order chi connectivity index (χ1) is 10.9. The molecular weight excluding hydrogens is 322 g/mol. The summed E-state index contributed by atoms with van der Waals surface area (Å²) in [5.74, 6) is -0.805. The number of rotatable bonds is 8. The number of nitrogens with zero attached hydrogens (tertiary/aromatic N) is 2. The molecule has 0 unspecified atom stereocenters. The summed E-state index contributed by atoms with van der Waals surface area (Å²) in [6.45, 7) is 3.29. The Kier molecular flexibility index (Phi) is 5.92. The maximum absolute atomic E-state index is 10.8. The van der Waals surface area contributed by atoms with Crippen LogP contribution in [-0.2, 0) is 11.3 Å². The van der Waals surface area contributed by atoms with E-state index in [1.807, 2.05) is 11.8 Å². The zero-order valence-electron chi connectivity index (χ0n) is 12.9. The number of carbonyl (C=O) groups is 1. The van der Waals surface area contributed by atoms with E-state index in [1.54, 1.807) is 6.07 Å². The molecule has 1 aromatic rings. The van der Waals surface area contributed by atoms with Gasteiger partial charge in [0.2, 0.25) is 0 Å². The monoisotopic (exact) mass is 341 g/mol. The van der Waals surface area contributed by atoms with E-state index in [0.29, 0.717) is 23.7 Å². The van der Waals surface area contributed by atoms with E-state index in [0.717, 1.165) is 24.9 Å². The number of halogens is 1. The van der Waals surface area contributed by atoms with Gasteiger partial charge in [-0.25, -0.2) is 0 Å². The molecule has 7 nitrogen and oxygen atoms in total. The molecule has 0 amide bonds. The third-order valence-electron chi connectivity index (χ3n) is 4.20. The lowest BCUT2D eigenvalue weighted by atomic mass is 9.85. The molecule has 1 saturated carbocycles. The van der Waals surface area contributed by atoms with Gasteiger partial charge in [-0.2, -0.15) is 0 Å². The minimum Gasteiger partial charge on any atom is -0.480 e. The van der Waals surface area contributed by atoms with Gasteiger partial charge >= 0.3 is 5.97 Å². The van der Waals surface area contributed by atoms with Crippen molar-refractivity contribution in [3.05, 3.63) is 38.9 Å². The van der Waals surface area contributed by atoms with Crippen LogP contribution in [0, 0.1) is 10.1 Å². The van der Waals surface area contributed by atoms with Gasteiger partial charge in [-0.05, 0) is 31.0 Å². The van der Waals surface area contributed by atoms with E-state index in [2.05, 4.69) is 5.32 Å². The summed E-state index contributed by atoms with van der Waals surface area (Å²) in [6.07, 6.45) is 1.79. The van der Waals surface area contributed by atoms with Crippen LogP contribution in [0.4, 0.5) is 5.69 Å². The van der Waals surface area contributed by atoms with Gasteiger partial charge in [0.15, 0.2) is 0 Å². The van der Waals surface area contributed by atoms with Crippen molar-refractivity contribution in [3.8, 4) is 0 Å². The highest BCUT2D eigenvalue weighted by atomic mass is 35.5. The van der Waals surface area contributed by atoms with Crippen molar-refractivity contribution < 1.29 is 14.8 Å². The Morgan fingerprint density at radius 2 is 2.22 bits per heavy atom. The summed E-state index contributed by atoms with van der Waals surface area (Å²) in [6, 6.07) is 5.06. The van der Waals surface area contributed by atoms with Crippen molar-refractivity contribution in [2.45, 2.75) is 38.4 Å². The number of nitrogens with one attached hydrogen (secondary N) is 1. The molecule has 2 N–H and O–H groups in total. The summed E-state index contributed by atoms with van der Waals surface area (Å²) >= 11 is 6.06. The van der Waals surface area contributed by atoms with Gasteiger partial charge in [-0.1, -0.05) is 18.5 Å². The topological polar surface area (TPSA) is 95.7 Å². The maximum atomic E-state index is 10.8. The predicted octanol–water partition coefficient (Wildman–Crippen LogP) is 2.28. The Bertz CT molecular complexity index is 590. The van der Waals surface area contributed by atoms with Gasteiger partial charge < -0.3 is 10.4 Å². The number of nitro benzene ring substituents is 1. The number of hydrogen-bond donors (Lipinski definition) is 2. The molecule has 0 aromatic heterocycles. The number of benzene rings is 1. The van der Waals surface area contributed by atoms with Crippen molar-refractivity contribution in [2.75, 3.05) is 13.1 Å². The van der Waals surface area contributed by atoms with Gasteiger partial charge in [-0.3, -0.25) is 19.8 Å². The fraction of sp³-hybridized carbons (Fsp3) is 0.533. The molecule has 0 spiro atoms. The molecule has 0 bridgehead atoms. The molecule has 0 atom stereocenters. The van der Waals surface area contributed by atoms with Crippen LogP contribution in [0.5, 0.6) is 0 Å². The van der Waals surface area contributed by atoms with E-state index in [1.165, 1.54) is 12.1 Å². The molecule has 2 rings (SSSR count). The van der Waals surface area contributed by atoms with Crippen LogP contribution in [0.15, 0.2) is 18.2 Å². The van der Waals surface area contributed by atoms with Crippen LogP contribution < -0.4 is 5.32 Å². The Morgan fingerprint density at radius 3 is 2.74 bits per heavy atom. The quantitative estimate of drug-likeness (QED) is 0.556. The number of hydrogen-bond acceptors (Lipinski definition) is 5. The first-order valence-electron chi connectivity index (χ1n) is 7.52. The Labute approximate surface area is 139 Å². The highest BCUT2D eigenvalue weighted by Crippen LogP contribution is 2.27. The predicted molar refractivity (Wildman–Crippen MR) is 86.6 cm³/mol. The summed E-state index contributed by atoms with van der Waals surface area (Å²) in [5, 5.41) is 23.3. The fourth-order valence-electron chi connectivity index (χ4n) is 2.77. The smallest absolute Gasteiger partial charge is 0.317 e. The number of carboxylic acids is 1. The molecule has 1 aromatic carbocycles. The Hall–Kier alpha value is -1.70. The first kappa shape index (κ1) is 17.7. The third-order valence-corrected chi connectivity index (χ3v) is 4.55. The molecule has 1 fully saturated rings. The van der Waals surface area contributed by atoms with Crippen LogP contribution in [-0.4, -0.2) is 46.1 Å². The van der Waals surface area contributed by atoms with Gasteiger partial charge in [0.05, 0.1) is 16.5 Å². The molecule has 1 aliphatic rings. The summed E-state index contributed by atoms with van der Waals surface area (Å²) in [7, 11) is 0. The van der Waals surface area contributed by atoms with Crippen LogP contribution in [0.25, 0.3) is 0 Å². The molecule has 8 heteroatoms. The van der Waals surface area contributed by atoms with Crippen molar-refractivity contribution in [2.24, 2.45) is 0 Å². The van der Waals surface area contributed by atoms with Crippen molar-refractivity contribution >= 4 is 23.3 Å². The molecule has 1 aliphatic carbocycles. The standard InChI is InChI=1S/C15H20ClN3O4/c1-2-18(9-15(20)21)13-5-11(6-13)17-8-10-3-4-12(19(22)23)7-14(10)16/h3-4,7,11,13,17H,2,5-6,8-9H2,1H3,(H,20,21). The molecule has 23 heavy (non-hydrogen) atoms. The van der Waals surface area contributed by atoms with Gasteiger partial charge in [0.1, 0.15) is 0 Å². The lowest BCUT2D eigenvalue weighted by molar-refractivity contribution is -0.384. The van der Waals surface area contributed by atoms with Crippen LogP contribution in [0.1, 0.15) is 25.3 Å². The average molecular weight is 342 g/mol. The highest BCUT2D eigenvalue weighted by molar-refractivity contribution is 6.31. The number of nitro groups is 1. The normalized spacial score (nSPS) is 20.3. The molecule has 0 radical (unpaired) electrons. The Balaban J connectivity index is 1.80. The van der Waals surface area contributed by atoms with E-state index in [-0.39, 0.29) is 12.2 Å². The maximum Gasteiger partial charge on any atom is 0.317 e. The van der Waals surface area contributed by atoms with Crippen LogP contribution in [0.3, 0.4) is 0 Å². The SMILES string of the molecule is CCN(CC(=O)O)C1CC(NCc2ccc([N+](=O)[O-])cc2Cl)C1. The van der Waals surface area contributed by atoms with Crippen LogP contribution >= 0.6 is 11.6 Å². The minimum absolute atomic E-state index is 0.0188. The fourth-order valence-corrected chi connectivity index (χ4v) is 3.01. The number of carboxylic acid groups (broad SMARTS) is 1. The second kappa shape index (κ2) is 7.72. The summed E-state index contributed by atoms with van der Waals surface area (Å²) in [5.41, 5.74) is 0.799. The van der Waals surface area contributed by atoms with E-state index < -0.39 is 10.9 Å². The highest BCUT2D eigenvalue weighted by Gasteiger charge is 2.33. The van der Waals surface area contributed by atoms with Crippen LogP contribution in [0.2, 0.25) is 5.02 Å². The van der Waals surface area contributed by atoms with Gasteiger partial charge in [0.25, 0.3) is 5.69 Å². The Morgan fingerprint density at radius 1 is 1.52 bits per heavy atom. The first-order valence-corrected chi connectivity index (χ1v) is 7.90. The second-order valence-electron chi connectivity index (χ2n) is 5.69. The molecular formula is C15H20ClN3O4. The number of aliphatic carboxylic acids is 1. The lowest BCUT2D eigenvalue weighted by Crippen LogP contribution is -2.53. The van der Waals surface area contributed by atoms with Gasteiger partial charge in [0, 0.05) is 30.8 Å². The third kappa shape index (κ3) is 4.63. The van der Waals surface area contributed by atoms with Crippen molar-refractivity contribution in [1.29, 1.82) is 0 Å². The zero-order chi connectivity index (χ0) is 17.0. The zero-order valence-corrected chi connectivity index (χ0v) is 13.6.